The lowest BCUT2D eigenvalue weighted by Gasteiger charge is -2.34. The summed E-state index contributed by atoms with van der Waals surface area (Å²) in [5, 5.41) is 15.5. The highest BCUT2D eigenvalue weighted by atomic mass is 35.5. The van der Waals surface area contributed by atoms with Crippen molar-refractivity contribution in [3.8, 4) is 5.75 Å². The first-order valence-electron chi connectivity index (χ1n) is 6.72. The fraction of sp³-hybridized carbons (Fsp3) is 0.333. The van der Waals surface area contributed by atoms with E-state index in [2.05, 4.69) is 27.7 Å². The van der Waals surface area contributed by atoms with Crippen molar-refractivity contribution in [2.24, 2.45) is 0 Å². The molecule has 0 amide bonds. The fourth-order valence-electron chi connectivity index (χ4n) is 2.64. The van der Waals surface area contributed by atoms with E-state index in [0.29, 0.717) is 5.02 Å². The Hall–Kier alpha value is -1.07. The Morgan fingerprint density at radius 3 is 2.70 bits per heavy atom. The highest BCUT2D eigenvalue weighted by molar-refractivity contribution is 7.10. The SMILES string of the molecule is Oc1ccc([C@H](c2cccs2)N2CCNCC2)cc1Cl. The second kappa shape index (κ2) is 6.14. The quantitative estimate of drug-likeness (QED) is 0.914. The molecule has 1 saturated heterocycles. The third-order valence-corrected chi connectivity index (χ3v) is 4.84. The van der Waals surface area contributed by atoms with Gasteiger partial charge in [-0.2, -0.15) is 0 Å². The van der Waals surface area contributed by atoms with Gasteiger partial charge in [0.15, 0.2) is 0 Å². The van der Waals surface area contributed by atoms with Crippen molar-refractivity contribution in [1.29, 1.82) is 0 Å². The molecule has 1 aromatic heterocycles. The Morgan fingerprint density at radius 2 is 2.05 bits per heavy atom. The van der Waals surface area contributed by atoms with E-state index in [0.717, 1.165) is 31.7 Å². The maximum atomic E-state index is 9.61. The molecule has 0 spiro atoms. The van der Waals surface area contributed by atoms with Gasteiger partial charge in [0, 0.05) is 31.1 Å². The molecule has 2 heterocycles. The average Bonchev–Trinajstić information content (AvgIpc) is 2.98. The average molecular weight is 309 g/mol. The molecule has 106 valence electrons. The number of rotatable bonds is 3. The number of benzene rings is 1. The second-order valence-electron chi connectivity index (χ2n) is 4.91. The van der Waals surface area contributed by atoms with Gasteiger partial charge in [0.05, 0.1) is 11.1 Å². The molecule has 1 aliphatic heterocycles. The van der Waals surface area contributed by atoms with Crippen molar-refractivity contribution >= 4 is 22.9 Å². The lowest BCUT2D eigenvalue weighted by molar-refractivity contribution is 0.200. The van der Waals surface area contributed by atoms with Crippen LogP contribution < -0.4 is 5.32 Å². The minimum absolute atomic E-state index is 0.139. The summed E-state index contributed by atoms with van der Waals surface area (Å²) in [6, 6.07) is 9.99. The van der Waals surface area contributed by atoms with Gasteiger partial charge in [0.25, 0.3) is 0 Å². The first-order chi connectivity index (χ1) is 9.75. The monoisotopic (exact) mass is 308 g/mol. The maximum absolute atomic E-state index is 9.61. The molecule has 0 saturated carbocycles. The predicted octanol–water partition coefficient (Wildman–Crippen LogP) is 3.10. The van der Waals surface area contributed by atoms with E-state index in [1.807, 2.05) is 12.1 Å². The number of phenolic OH excluding ortho intramolecular Hbond substituents is 1. The third kappa shape index (κ3) is 2.83. The summed E-state index contributed by atoms with van der Waals surface area (Å²) < 4.78 is 0. The van der Waals surface area contributed by atoms with Gasteiger partial charge in [0.1, 0.15) is 5.75 Å². The summed E-state index contributed by atoms with van der Waals surface area (Å²) in [7, 11) is 0. The normalized spacial score (nSPS) is 18.1. The third-order valence-electron chi connectivity index (χ3n) is 3.62. The summed E-state index contributed by atoms with van der Waals surface area (Å²) in [5.74, 6) is 0.139. The molecule has 2 aromatic rings. The van der Waals surface area contributed by atoms with E-state index < -0.39 is 0 Å². The van der Waals surface area contributed by atoms with E-state index in [1.165, 1.54) is 4.88 Å². The Morgan fingerprint density at radius 1 is 1.25 bits per heavy atom. The van der Waals surface area contributed by atoms with Gasteiger partial charge < -0.3 is 10.4 Å². The number of thiophene rings is 1. The van der Waals surface area contributed by atoms with Gasteiger partial charge in [-0.3, -0.25) is 4.90 Å². The molecular formula is C15H17ClN2OS. The molecule has 20 heavy (non-hydrogen) atoms. The fourth-order valence-corrected chi connectivity index (χ4v) is 3.71. The van der Waals surface area contributed by atoms with Crippen LogP contribution in [0.4, 0.5) is 0 Å². The summed E-state index contributed by atoms with van der Waals surface area (Å²) in [5.41, 5.74) is 1.14. The van der Waals surface area contributed by atoms with Crippen LogP contribution in [0.2, 0.25) is 5.02 Å². The van der Waals surface area contributed by atoms with Crippen LogP contribution in [0.15, 0.2) is 35.7 Å². The van der Waals surface area contributed by atoms with E-state index in [1.54, 1.807) is 17.4 Å². The van der Waals surface area contributed by atoms with Crippen LogP contribution in [-0.4, -0.2) is 36.2 Å². The van der Waals surface area contributed by atoms with Crippen LogP contribution in [0.25, 0.3) is 0 Å². The molecule has 2 N–H and O–H groups in total. The zero-order chi connectivity index (χ0) is 13.9. The van der Waals surface area contributed by atoms with Crippen molar-refractivity contribution in [3.63, 3.8) is 0 Å². The molecule has 0 aliphatic carbocycles. The van der Waals surface area contributed by atoms with Crippen LogP contribution in [0, 0.1) is 0 Å². The summed E-state index contributed by atoms with van der Waals surface area (Å²) in [6.45, 7) is 4.05. The molecule has 1 atom stereocenters. The Bertz CT molecular complexity index is 567. The van der Waals surface area contributed by atoms with Crippen LogP contribution in [0.5, 0.6) is 5.75 Å². The number of aromatic hydroxyl groups is 1. The maximum Gasteiger partial charge on any atom is 0.134 e. The van der Waals surface area contributed by atoms with Crippen LogP contribution in [-0.2, 0) is 0 Å². The zero-order valence-corrected chi connectivity index (χ0v) is 12.6. The summed E-state index contributed by atoms with van der Waals surface area (Å²) >= 11 is 7.84. The van der Waals surface area contributed by atoms with E-state index in [4.69, 9.17) is 11.6 Å². The number of nitrogens with one attached hydrogen (secondary N) is 1. The summed E-state index contributed by atoms with van der Waals surface area (Å²) in [4.78, 5) is 3.78. The number of hydrogen-bond acceptors (Lipinski definition) is 4. The standard InChI is InChI=1S/C15H17ClN2OS/c16-12-10-11(3-4-13(12)19)15(14-2-1-9-20-14)18-7-5-17-6-8-18/h1-4,9-10,15,17,19H,5-8H2/t15-/m1/s1. The van der Waals surface area contributed by atoms with Gasteiger partial charge in [-0.05, 0) is 29.1 Å². The molecule has 1 aliphatic rings. The topological polar surface area (TPSA) is 35.5 Å². The lowest BCUT2D eigenvalue weighted by Crippen LogP contribution is -2.45. The molecule has 5 heteroatoms. The first-order valence-corrected chi connectivity index (χ1v) is 7.98. The zero-order valence-electron chi connectivity index (χ0n) is 11.1. The van der Waals surface area contributed by atoms with Gasteiger partial charge in [-0.25, -0.2) is 0 Å². The van der Waals surface area contributed by atoms with Gasteiger partial charge in [-0.15, -0.1) is 11.3 Å². The number of halogens is 1. The van der Waals surface area contributed by atoms with Crippen molar-refractivity contribution in [3.05, 3.63) is 51.2 Å². The Labute approximate surface area is 127 Å². The predicted molar refractivity (Wildman–Crippen MR) is 83.7 cm³/mol. The number of hydrogen-bond donors (Lipinski definition) is 2. The van der Waals surface area contributed by atoms with E-state index >= 15 is 0 Å². The molecule has 0 unspecified atom stereocenters. The van der Waals surface area contributed by atoms with Gasteiger partial charge in [-0.1, -0.05) is 23.7 Å². The minimum Gasteiger partial charge on any atom is -0.506 e. The molecular weight excluding hydrogens is 292 g/mol. The van der Waals surface area contributed by atoms with Crippen molar-refractivity contribution < 1.29 is 5.11 Å². The molecule has 1 aromatic carbocycles. The minimum atomic E-state index is 0.139. The van der Waals surface area contributed by atoms with Crippen molar-refractivity contribution in [2.75, 3.05) is 26.2 Å². The molecule has 0 bridgehead atoms. The highest BCUT2D eigenvalue weighted by Gasteiger charge is 2.25. The molecule has 0 radical (unpaired) electrons. The highest BCUT2D eigenvalue weighted by Crippen LogP contribution is 2.35. The van der Waals surface area contributed by atoms with E-state index in [-0.39, 0.29) is 11.8 Å². The van der Waals surface area contributed by atoms with E-state index in [9.17, 15) is 5.11 Å². The number of phenols is 1. The number of nitrogens with zero attached hydrogens (tertiary/aromatic N) is 1. The van der Waals surface area contributed by atoms with Crippen LogP contribution in [0.3, 0.4) is 0 Å². The Balaban J connectivity index is 1.98. The van der Waals surface area contributed by atoms with Crippen LogP contribution >= 0.6 is 22.9 Å². The smallest absolute Gasteiger partial charge is 0.134 e. The summed E-state index contributed by atoms with van der Waals surface area (Å²) in [6.07, 6.45) is 0. The van der Waals surface area contributed by atoms with Gasteiger partial charge >= 0.3 is 0 Å². The van der Waals surface area contributed by atoms with Gasteiger partial charge in [0.2, 0.25) is 0 Å². The molecule has 1 fully saturated rings. The number of piperazine rings is 1. The lowest BCUT2D eigenvalue weighted by atomic mass is 10.0. The Kier molecular flexibility index (Phi) is 4.27. The molecule has 3 rings (SSSR count). The van der Waals surface area contributed by atoms with Crippen molar-refractivity contribution in [2.45, 2.75) is 6.04 Å². The second-order valence-corrected chi connectivity index (χ2v) is 6.30. The first kappa shape index (κ1) is 13.9. The van der Waals surface area contributed by atoms with Crippen molar-refractivity contribution in [1.82, 2.24) is 10.2 Å². The van der Waals surface area contributed by atoms with Crippen LogP contribution in [0.1, 0.15) is 16.5 Å². The largest absolute Gasteiger partial charge is 0.506 e. The molecule has 3 nitrogen and oxygen atoms in total.